The van der Waals surface area contributed by atoms with Crippen LogP contribution in [0.4, 0.5) is 0 Å². The van der Waals surface area contributed by atoms with Crippen molar-refractivity contribution in [2.75, 3.05) is 19.8 Å². The highest BCUT2D eigenvalue weighted by Crippen LogP contribution is 2.23. The summed E-state index contributed by atoms with van der Waals surface area (Å²) in [7, 11) is 0. The molecule has 0 radical (unpaired) electrons. The predicted molar refractivity (Wildman–Crippen MR) is 53.7 cm³/mol. The van der Waals surface area contributed by atoms with Gasteiger partial charge in [-0.25, -0.2) is 0 Å². The van der Waals surface area contributed by atoms with Crippen LogP contribution in [0, 0.1) is 0 Å². The van der Waals surface area contributed by atoms with Crippen molar-refractivity contribution in [2.45, 2.75) is 6.10 Å². The molecule has 1 aromatic carbocycles. The van der Waals surface area contributed by atoms with Crippen molar-refractivity contribution in [1.29, 1.82) is 0 Å². The van der Waals surface area contributed by atoms with Gasteiger partial charge in [0.1, 0.15) is 6.10 Å². The highest BCUT2D eigenvalue weighted by Gasteiger charge is 2.16. The zero-order valence-electron chi connectivity index (χ0n) is 7.20. The molecule has 1 fully saturated rings. The first-order valence-electron chi connectivity index (χ1n) is 4.31. The van der Waals surface area contributed by atoms with Crippen LogP contribution in [-0.2, 0) is 9.47 Å². The van der Waals surface area contributed by atoms with Gasteiger partial charge in [0.2, 0.25) is 0 Å². The van der Waals surface area contributed by atoms with E-state index < -0.39 is 0 Å². The van der Waals surface area contributed by atoms with E-state index in [0.717, 1.165) is 4.47 Å². The van der Waals surface area contributed by atoms with Crippen molar-refractivity contribution in [1.82, 2.24) is 0 Å². The minimum absolute atomic E-state index is 0.103. The molecule has 1 aliphatic rings. The highest BCUT2D eigenvalue weighted by atomic mass is 79.9. The van der Waals surface area contributed by atoms with Gasteiger partial charge in [0.15, 0.2) is 0 Å². The van der Waals surface area contributed by atoms with Crippen molar-refractivity contribution in [2.24, 2.45) is 0 Å². The SMILES string of the molecule is Brc1cccc(C2COCCO2)c1. The minimum Gasteiger partial charge on any atom is -0.376 e. The van der Waals surface area contributed by atoms with Gasteiger partial charge in [0.05, 0.1) is 19.8 Å². The molecule has 0 spiro atoms. The fourth-order valence-corrected chi connectivity index (χ4v) is 1.80. The van der Waals surface area contributed by atoms with E-state index in [1.807, 2.05) is 12.1 Å². The Kier molecular flexibility index (Phi) is 2.98. The van der Waals surface area contributed by atoms with Gasteiger partial charge in [-0.2, -0.15) is 0 Å². The van der Waals surface area contributed by atoms with E-state index >= 15 is 0 Å². The maximum absolute atomic E-state index is 5.57. The van der Waals surface area contributed by atoms with Crippen LogP contribution < -0.4 is 0 Å². The first-order chi connectivity index (χ1) is 6.36. The molecule has 0 bridgehead atoms. The molecular weight excluding hydrogens is 232 g/mol. The Morgan fingerprint density at radius 3 is 2.92 bits per heavy atom. The quantitative estimate of drug-likeness (QED) is 0.754. The minimum atomic E-state index is 0.103. The van der Waals surface area contributed by atoms with Gasteiger partial charge in [-0.15, -0.1) is 0 Å². The van der Waals surface area contributed by atoms with Crippen molar-refractivity contribution >= 4 is 15.9 Å². The van der Waals surface area contributed by atoms with Gasteiger partial charge >= 0.3 is 0 Å². The summed E-state index contributed by atoms with van der Waals surface area (Å²) >= 11 is 3.43. The third-order valence-electron chi connectivity index (χ3n) is 2.04. The molecular formula is C10H11BrO2. The second kappa shape index (κ2) is 4.22. The second-order valence-electron chi connectivity index (χ2n) is 2.99. The van der Waals surface area contributed by atoms with Crippen LogP contribution >= 0.6 is 15.9 Å². The van der Waals surface area contributed by atoms with Crippen LogP contribution in [0.3, 0.4) is 0 Å². The molecule has 0 amide bonds. The topological polar surface area (TPSA) is 18.5 Å². The number of ether oxygens (including phenoxy) is 2. The Balaban J connectivity index is 2.14. The Hall–Kier alpha value is -0.380. The predicted octanol–water partition coefficient (Wildman–Crippen LogP) is 2.54. The summed E-state index contributed by atoms with van der Waals surface area (Å²) in [5, 5.41) is 0. The fraction of sp³-hybridized carbons (Fsp3) is 0.400. The van der Waals surface area contributed by atoms with Crippen molar-refractivity contribution in [3.63, 3.8) is 0 Å². The normalized spacial score (nSPS) is 23.0. The van der Waals surface area contributed by atoms with Gasteiger partial charge in [0.25, 0.3) is 0 Å². The number of hydrogen-bond donors (Lipinski definition) is 0. The first kappa shape index (κ1) is 9.19. The second-order valence-corrected chi connectivity index (χ2v) is 3.91. The van der Waals surface area contributed by atoms with E-state index in [2.05, 4.69) is 28.1 Å². The summed E-state index contributed by atoms with van der Waals surface area (Å²) in [6, 6.07) is 8.15. The third-order valence-corrected chi connectivity index (χ3v) is 2.53. The van der Waals surface area contributed by atoms with Crippen LogP contribution in [0.15, 0.2) is 28.7 Å². The Labute approximate surface area is 86.0 Å². The summed E-state index contributed by atoms with van der Waals surface area (Å²) in [6.45, 7) is 2.07. The van der Waals surface area contributed by atoms with Crippen LogP contribution in [0.2, 0.25) is 0 Å². The lowest BCUT2D eigenvalue weighted by Gasteiger charge is -2.23. The van der Waals surface area contributed by atoms with Gasteiger partial charge in [0, 0.05) is 4.47 Å². The van der Waals surface area contributed by atoms with Crippen LogP contribution in [0.5, 0.6) is 0 Å². The average molecular weight is 243 g/mol. The molecule has 1 atom stereocenters. The Morgan fingerprint density at radius 2 is 2.23 bits per heavy atom. The van der Waals surface area contributed by atoms with Gasteiger partial charge in [-0.1, -0.05) is 28.1 Å². The van der Waals surface area contributed by atoms with E-state index in [1.165, 1.54) is 5.56 Å². The van der Waals surface area contributed by atoms with E-state index in [4.69, 9.17) is 9.47 Å². The van der Waals surface area contributed by atoms with Crippen LogP contribution in [-0.4, -0.2) is 19.8 Å². The molecule has 1 saturated heterocycles. The Bertz CT molecular complexity index is 282. The zero-order chi connectivity index (χ0) is 9.10. The largest absolute Gasteiger partial charge is 0.376 e. The third kappa shape index (κ3) is 2.30. The van der Waals surface area contributed by atoms with E-state index in [1.54, 1.807) is 0 Å². The molecule has 0 saturated carbocycles. The summed E-state index contributed by atoms with van der Waals surface area (Å²) in [6.07, 6.45) is 0.103. The smallest absolute Gasteiger partial charge is 0.106 e. The molecule has 1 aliphatic heterocycles. The number of rotatable bonds is 1. The summed E-state index contributed by atoms with van der Waals surface area (Å²) in [5.74, 6) is 0. The van der Waals surface area contributed by atoms with Crippen molar-refractivity contribution in [3.8, 4) is 0 Å². The molecule has 13 heavy (non-hydrogen) atoms. The molecule has 1 heterocycles. The lowest BCUT2D eigenvalue weighted by Crippen LogP contribution is -2.21. The monoisotopic (exact) mass is 242 g/mol. The van der Waals surface area contributed by atoms with E-state index in [-0.39, 0.29) is 6.10 Å². The molecule has 1 aromatic rings. The summed E-state index contributed by atoms with van der Waals surface area (Å²) < 4.78 is 12.0. The van der Waals surface area contributed by atoms with Crippen LogP contribution in [0.1, 0.15) is 11.7 Å². The maximum atomic E-state index is 5.57. The lowest BCUT2D eigenvalue weighted by molar-refractivity contribution is -0.0901. The molecule has 2 nitrogen and oxygen atoms in total. The van der Waals surface area contributed by atoms with Gasteiger partial charge in [-0.3, -0.25) is 0 Å². The van der Waals surface area contributed by atoms with Gasteiger partial charge < -0.3 is 9.47 Å². The van der Waals surface area contributed by atoms with Gasteiger partial charge in [-0.05, 0) is 17.7 Å². The molecule has 1 unspecified atom stereocenters. The fourth-order valence-electron chi connectivity index (χ4n) is 1.39. The standard InChI is InChI=1S/C10H11BrO2/c11-9-3-1-2-8(6-9)10-7-12-4-5-13-10/h1-3,6,10H,4-5,7H2. The first-order valence-corrected chi connectivity index (χ1v) is 5.10. The average Bonchev–Trinajstić information content (AvgIpc) is 2.19. The molecule has 0 aromatic heterocycles. The molecule has 2 rings (SSSR count). The zero-order valence-corrected chi connectivity index (χ0v) is 8.79. The number of hydrogen-bond acceptors (Lipinski definition) is 2. The van der Waals surface area contributed by atoms with Crippen molar-refractivity contribution in [3.05, 3.63) is 34.3 Å². The highest BCUT2D eigenvalue weighted by molar-refractivity contribution is 9.10. The number of benzene rings is 1. The van der Waals surface area contributed by atoms with E-state index in [9.17, 15) is 0 Å². The molecule has 3 heteroatoms. The Morgan fingerprint density at radius 1 is 1.31 bits per heavy atom. The maximum Gasteiger partial charge on any atom is 0.106 e. The van der Waals surface area contributed by atoms with Crippen molar-refractivity contribution < 1.29 is 9.47 Å². The molecule has 0 N–H and O–H groups in total. The molecule has 70 valence electrons. The summed E-state index contributed by atoms with van der Waals surface area (Å²) in [5.41, 5.74) is 1.18. The lowest BCUT2D eigenvalue weighted by atomic mass is 10.1. The van der Waals surface area contributed by atoms with E-state index in [0.29, 0.717) is 19.8 Å². The molecule has 0 aliphatic carbocycles. The van der Waals surface area contributed by atoms with Crippen LogP contribution in [0.25, 0.3) is 0 Å². The number of halogens is 1. The summed E-state index contributed by atoms with van der Waals surface area (Å²) in [4.78, 5) is 0.